The Morgan fingerprint density at radius 1 is 1.22 bits per heavy atom. The second-order valence-electron chi connectivity index (χ2n) is 5.88. The van der Waals surface area contributed by atoms with E-state index in [1.165, 1.54) is 35.0 Å². The molecule has 7 heteroatoms. The molecular formula is C16H25N5OS. The summed E-state index contributed by atoms with van der Waals surface area (Å²) >= 11 is 1.86. The fraction of sp³-hybridized carbons (Fsp3) is 0.625. The predicted octanol–water partition coefficient (Wildman–Crippen LogP) is 1.95. The largest absolute Gasteiger partial charge is 0.381 e. The van der Waals surface area contributed by atoms with Gasteiger partial charge in [-0.1, -0.05) is 0 Å². The van der Waals surface area contributed by atoms with Gasteiger partial charge in [-0.3, -0.25) is 0 Å². The Morgan fingerprint density at radius 2 is 1.96 bits per heavy atom. The molecule has 3 heterocycles. The first-order valence-electron chi connectivity index (χ1n) is 8.19. The van der Waals surface area contributed by atoms with Crippen LogP contribution in [0.4, 0.5) is 11.8 Å². The van der Waals surface area contributed by atoms with Crippen molar-refractivity contribution in [1.29, 1.82) is 0 Å². The fourth-order valence-corrected chi connectivity index (χ4v) is 4.75. The quantitative estimate of drug-likeness (QED) is 0.872. The summed E-state index contributed by atoms with van der Waals surface area (Å²) in [5.41, 5.74) is 12.9. The van der Waals surface area contributed by atoms with Crippen molar-refractivity contribution in [2.24, 2.45) is 5.73 Å². The zero-order valence-electron chi connectivity index (χ0n) is 13.8. The van der Waals surface area contributed by atoms with E-state index in [4.69, 9.17) is 10.5 Å². The van der Waals surface area contributed by atoms with Gasteiger partial charge in [-0.05, 0) is 38.3 Å². The molecule has 23 heavy (non-hydrogen) atoms. The van der Waals surface area contributed by atoms with Gasteiger partial charge in [0.15, 0.2) is 5.82 Å². The summed E-state index contributed by atoms with van der Waals surface area (Å²) < 4.78 is 6.76. The van der Waals surface area contributed by atoms with Gasteiger partial charge >= 0.3 is 0 Å². The number of aromatic nitrogens is 2. The van der Waals surface area contributed by atoms with Gasteiger partial charge in [-0.15, -0.1) is 11.3 Å². The zero-order chi connectivity index (χ0) is 16.4. The van der Waals surface area contributed by atoms with E-state index in [-0.39, 0.29) is 0 Å². The highest BCUT2D eigenvalue weighted by molar-refractivity contribution is 7.19. The molecule has 4 N–H and O–H groups in total. The minimum Gasteiger partial charge on any atom is -0.381 e. The van der Waals surface area contributed by atoms with Crippen molar-refractivity contribution >= 4 is 33.3 Å². The van der Waals surface area contributed by atoms with Crippen LogP contribution in [0.1, 0.15) is 29.7 Å². The lowest BCUT2D eigenvalue weighted by atomic mass is 9.95. The van der Waals surface area contributed by atoms with E-state index < -0.39 is 0 Å². The summed E-state index contributed by atoms with van der Waals surface area (Å²) in [6.45, 7) is 2.16. The third-order valence-corrected chi connectivity index (χ3v) is 5.85. The van der Waals surface area contributed by atoms with Gasteiger partial charge in [0.05, 0.1) is 16.3 Å². The van der Waals surface area contributed by atoms with Crippen LogP contribution in [-0.2, 0) is 17.6 Å². The van der Waals surface area contributed by atoms with Crippen molar-refractivity contribution in [3.63, 3.8) is 0 Å². The molecule has 1 unspecified atom stereocenters. The van der Waals surface area contributed by atoms with Crippen LogP contribution in [0, 0.1) is 0 Å². The first kappa shape index (κ1) is 16.4. The molecule has 1 fully saturated rings. The van der Waals surface area contributed by atoms with Crippen LogP contribution in [0.2, 0.25) is 0 Å². The summed E-state index contributed by atoms with van der Waals surface area (Å²) in [6.07, 6.45) is 5.90. The summed E-state index contributed by atoms with van der Waals surface area (Å²) in [5.74, 6) is 1.44. The van der Waals surface area contributed by atoms with Crippen LogP contribution in [0.15, 0.2) is 0 Å². The van der Waals surface area contributed by atoms with Gasteiger partial charge in [-0.25, -0.2) is 4.98 Å². The average Bonchev–Trinajstić information content (AvgIpc) is 3.23. The molecule has 0 spiro atoms. The van der Waals surface area contributed by atoms with Crippen LogP contribution in [0.25, 0.3) is 10.2 Å². The van der Waals surface area contributed by atoms with E-state index in [2.05, 4.69) is 20.6 Å². The maximum Gasteiger partial charge on any atom is 0.222 e. The molecule has 2 aliphatic rings. The molecule has 0 saturated carbocycles. The van der Waals surface area contributed by atoms with E-state index in [0.29, 0.717) is 12.1 Å². The summed E-state index contributed by atoms with van der Waals surface area (Å²) in [5, 5.41) is 0. The number of thiophene rings is 1. The maximum absolute atomic E-state index is 5.98. The van der Waals surface area contributed by atoms with Gasteiger partial charge in [-0.2, -0.15) is 4.98 Å². The molecule has 0 aromatic carbocycles. The van der Waals surface area contributed by atoms with E-state index in [0.717, 1.165) is 43.7 Å². The molecule has 0 radical (unpaired) electrons. The van der Waals surface area contributed by atoms with Crippen LogP contribution >= 0.6 is 11.3 Å². The first-order chi connectivity index (χ1) is 11.3. The lowest BCUT2D eigenvalue weighted by Gasteiger charge is -2.20. The number of aryl methyl sites for hydroxylation is 1. The number of rotatable bonds is 2. The van der Waals surface area contributed by atoms with Crippen molar-refractivity contribution in [2.45, 2.75) is 38.2 Å². The van der Waals surface area contributed by atoms with E-state index in [9.17, 15) is 0 Å². The lowest BCUT2D eigenvalue weighted by Crippen LogP contribution is -2.21. The van der Waals surface area contributed by atoms with Crippen LogP contribution in [-0.4, -0.2) is 43.3 Å². The van der Waals surface area contributed by atoms with Crippen LogP contribution in [0.5, 0.6) is 0 Å². The normalized spacial score (nSPS) is 20.3. The number of nitrogens with two attached hydrogens (primary N) is 2. The number of hydrogen-bond acceptors (Lipinski definition) is 7. The van der Waals surface area contributed by atoms with Crippen molar-refractivity contribution in [3.05, 3.63) is 10.4 Å². The molecule has 2 aromatic rings. The molecule has 6 nitrogen and oxygen atoms in total. The van der Waals surface area contributed by atoms with Gasteiger partial charge in [0.25, 0.3) is 0 Å². The van der Waals surface area contributed by atoms with E-state index in [1.807, 2.05) is 11.3 Å². The third-order valence-electron chi connectivity index (χ3n) is 4.58. The van der Waals surface area contributed by atoms with Crippen molar-refractivity contribution in [3.8, 4) is 0 Å². The molecular weight excluding hydrogens is 310 g/mol. The highest BCUT2D eigenvalue weighted by atomic mass is 32.1. The number of ether oxygens (including phenoxy) is 1. The second-order valence-corrected chi connectivity index (χ2v) is 6.99. The number of hydrogen-bond donors (Lipinski definition) is 2. The Balaban J connectivity index is 0.000000753. The Hall–Kier alpha value is -1.44. The van der Waals surface area contributed by atoms with Crippen LogP contribution < -0.4 is 16.4 Å². The Morgan fingerprint density at radius 3 is 2.65 bits per heavy atom. The van der Waals surface area contributed by atoms with E-state index >= 15 is 0 Å². The predicted molar refractivity (Wildman–Crippen MR) is 96.2 cm³/mol. The number of anilines is 2. The molecule has 1 aliphatic heterocycles. The highest BCUT2D eigenvalue weighted by Gasteiger charge is 2.27. The summed E-state index contributed by atoms with van der Waals surface area (Å²) in [7, 11) is 3.29. The minimum absolute atomic E-state index is 0.307. The monoisotopic (exact) mass is 335 g/mol. The highest BCUT2D eigenvalue weighted by Crippen LogP contribution is 2.40. The molecule has 1 aliphatic carbocycles. The topological polar surface area (TPSA) is 90.3 Å². The second kappa shape index (κ2) is 6.98. The number of nitrogens with zero attached hydrogens (tertiary/aromatic N) is 3. The van der Waals surface area contributed by atoms with Crippen LogP contribution in [0.3, 0.4) is 0 Å². The van der Waals surface area contributed by atoms with Gasteiger partial charge in [0, 0.05) is 31.5 Å². The molecule has 0 amide bonds. The first-order valence-corrected chi connectivity index (χ1v) is 9.01. The molecule has 2 aromatic heterocycles. The third kappa shape index (κ3) is 3.00. The fourth-order valence-electron chi connectivity index (χ4n) is 3.45. The molecule has 4 rings (SSSR count). The average molecular weight is 335 g/mol. The molecule has 0 bridgehead atoms. The van der Waals surface area contributed by atoms with Gasteiger partial charge in [0.2, 0.25) is 5.95 Å². The zero-order valence-corrected chi connectivity index (χ0v) is 14.7. The maximum atomic E-state index is 5.98. The van der Waals surface area contributed by atoms with Crippen molar-refractivity contribution in [1.82, 2.24) is 9.97 Å². The standard InChI is InChI=1S/C15H20N4OS.CH5N/c1-20-9-4-5-11-10(8-9)12-13(21-11)14(18-15(16)17-12)19-6-2-3-7-19;1-2/h9H,2-8H2,1H3,(H2,16,17,18);2H2,1H3. The van der Waals surface area contributed by atoms with Crippen molar-refractivity contribution < 1.29 is 4.74 Å². The number of fused-ring (bicyclic) bond motifs is 3. The Kier molecular flexibility index (Phi) is 4.99. The minimum atomic E-state index is 0.307. The summed E-state index contributed by atoms with van der Waals surface area (Å²) in [6, 6.07) is 0. The molecule has 1 saturated heterocycles. The smallest absolute Gasteiger partial charge is 0.222 e. The lowest BCUT2D eigenvalue weighted by molar-refractivity contribution is 0.0919. The Labute approximate surface area is 140 Å². The number of methoxy groups -OCH3 is 1. The summed E-state index contributed by atoms with van der Waals surface area (Å²) in [4.78, 5) is 12.9. The van der Waals surface area contributed by atoms with Gasteiger partial charge in [0.1, 0.15) is 0 Å². The van der Waals surface area contributed by atoms with Gasteiger partial charge < -0.3 is 21.1 Å². The molecule has 126 valence electrons. The number of nitrogen functional groups attached to an aromatic ring is 1. The van der Waals surface area contributed by atoms with E-state index in [1.54, 1.807) is 7.11 Å². The Bertz CT molecular complexity index is 681. The molecule has 1 atom stereocenters. The SMILES string of the molecule is CN.COC1CCc2sc3c(N4CCCC4)nc(N)nc3c2C1. The van der Waals surface area contributed by atoms with Crippen molar-refractivity contribution in [2.75, 3.05) is 37.9 Å².